The van der Waals surface area contributed by atoms with Crippen LogP contribution in [-0.2, 0) is 25.8 Å². The summed E-state index contributed by atoms with van der Waals surface area (Å²) in [7, 11) is -2.15. The molecule has 0 amide bonds. The van der Waals surface area contributed by atoms with Crippen molar-refractivity contribution in [2.75, 3.05) is 0 Å². The van der Waals surface area contributed by atoms with Gasteiger partial charge < -0.3 is 14.9 Å². The fraction of sp³-hybridized carbons (Fsp3) is 0.333. The van der Waals surface area contributed by atoms with Crippen molar-refractivity contribution in [2.24, 2.45) is 0 Å². The monoisotopic (exact) mass is 840 g/mol. The molecule has 0 bridgehead atoms. The molecule has 8 rings (SSSR count). The summed E-state index contributed by atoms with van der Waals surface area (Å²) in [4.78, 5) is 0. The van der Waals surface area contributed by atoms with Crippen molar-refractivity contribution in [1.82, 2.24) is 0 Å². The molecule has 0 aromatic heterocycles. The van der Waals surface area contributed by atoms with E-state index < -0.39 is 8.07 Å². The molecule has 0 unspecified atom stereocenters. The van der Waals surface area contributed by atoms with Crippen LogP contribution >= 0.6 is 0 Å². The maximum absolute atomic E-state index is 2.71. The molecular weight excluding hydrogens is 783 g/mol. The van der Waals surface area contributed by atoms with E-state index >= 15 is 0 Å². The van der Waals surface area contributed by atoms with Crippen molar-refractivity contribution in [1.29, 1.82) is 0 Å². The number of hydrogen-bond acceptors (Lipinski definition) is 0. The SMILES string of the molecule is CC(C)c1cccc(-c2cccc3[cH-]c([Si](c4cc5c(-c6cccc(C(C)C)c6)cccc5[cH-]4)(C4CCCC4)C4CCCC4)cc23)c1.[CH3-].[CH3-].[Hf+4]. The van der Waals surface area contributed by atoms with Crippen LogP contribution in [0.4, 0.5) is 0 Å². The molecule has 6 aromatic carbocycles. The van der Waals surface area contributed by atoms with Gasteiger partial charge in [0.05, 0.1) is 8.07 Å². The summed E-state index contributed by atoms with van der Waals surface area (Å²) in [5.41, 5.74) is 10.0. The van der Waals surface area contributed by atoms with Gasteiger partial charge in [-0.25, -0.2) is 0 Å². The Kier molecular flexibility index (Phi) is 12.2. The van der Waals surface area contributed by atoms with Gasteiger partial charge in [0, 0.05) is 0 Å². The topological polar surface area (TPSA) is 0 Å². The Morgan fingerprint density at radius 2 is 0.900 bits per heavy atom. The van der Waals surface area contributed by atoms with E-state index in [0.29, 0.717) is 11.8 Å². The van der Waals surface area contributed by atoms with Crippen LogP contribution in [0.2, 0.25) is 11.1 Å². The minimum Gasteiger partial charge on any atom is -0.358 e. The second-order valence-electron chi connectivity index (χ2n) is 15.5. The molecule has 2 saturated carbocycles. The van der Waals surface area contributed by atoms with Crippen molar-refractivity contribution in [2.45, 2.75) is 102 Å². The molecule has 0 N–H and O–H groups in total. The van der Waals surface area contributed by atoms with Crippen molar-refractivity contribution < 1.29 is 25.8 Å². The van der Waals surface area contributed by atoms with E-state index in [2.05, 4.69) is 137 Å². The predicted octanol–water partition coefficient (Wildman–Crippen LogP) is 13.4. The first-order chi connectivity index (χ1) is 22.9. The minimum atomic E-state index is -2.15. The Bertz CT molecular complexity index is 1880. The molecule has 0 saturated heterocycles. The summed E-state index contributed by atoms with van der Waals surface area (Å²) in [6, 6.07) is 43.5. The fourth-order valence-corrected chi connectivity index (χ4v) is 16.9. The number of benzene rings is 4. The van der Waals surface area contributed by atoms with E-state index in [4.69, 9.17) is 0 Å². The van der Waals surface area contributed by atoms with Crippen LogP contribution < -0.4 is 10.4 Å². The third-order valence-corrected chi connectivity index (χ3v) is 18.4. The summed E-state index contributed by atoms with van der Waals surface area (Å²) in [5, 5.41) is 9.22. The average Bonchev–Trinajstić information content (AvgIpc) is 3.93. The maximum Gasteiger partial charge on any atom is 4.00 e. The normalized spacial score (nSPS) is 15.5. The second kappa shape index (κ2) is 15.8. The van der Waals surface area contributed by atoms with Crippen molar-refractivity contribution >= 4 is 40.0 Å². The number of hydrogen-bond donors (Lipinski definition) is 0. The van der Waals surface area contributed by atoms with Crippen LogP contribution in [0.25, 0.3) is 43.8 Å². The molecule has 2 aliphatic rings. The van der Waals surface area contributed by atoms with Crippen LogP contribution in [0, 0.1) is 14.9 Å². The zero-order chi connectivity index (χ0) is 32.1. The van der Waals surface area contributed by atoms with Gasteiger partial charge in [0.15, 0.2) is 0 Å². The molecular formula is C48H56HfSi. The van der Waals surface area contributed by atoms with Crippen molar-refractivity contribution in [3.63, 3.8) is 0 Å². The Hall–Kier alpha value is -2.81. The van der Waals surface area contributed by atoms with Crippen molar-refractivity contribution in [3.8, 4) is 22.3 Å². The zero-order valence-electron chi connectivity index (χ0n) is 31.4. The van der Waals surface area contributed by atoms with Crippen LogP contribution in [-0.4, -0.2) is 8.07 Å². The summed E-state index contributed by atoms with van der Waals surface area (Å²) >= 11 is 0. The van der Waals surface area contributed by atoms with Gasteiger partial charge >= 0.3 is 25.8 Å². The summed E-state index contributed by atoms with van der Waals surface area (Å²) in [6.07, 6.45) is 11.2. The maximum atomic E-state index is 2.71. The van der Waals surface area contributed by atoms with Gasteiger partial charge in [-0.15, -0.1) is 68.3 Å². The van der Waals surface area contributed by atoms with Gasteiger partial charge in [-0.3, -0.25) is 0 Å². The standard InChI is InChI=1S/C46H50Si.2CH3.Hf/c1-31(2)33-13-9-15-35(25-33)43-23-11-17-37-27-41(29-45(37)43)47(39-19-5-6-20-39,40-21-7-8-22-40)42-28-38-18-12-24-44(46(38)30-42)36-16-10-14-34(26-36)32(3)4;;;/h9-18,23-32,39-40H,5-8,19-22H2,1-4H3;2*1H3;/q-2;2*-1;+4. The van der Waals surface area contributed by atoms with Crippen LogP contribution in [0.1, 0.15) is 102 Å². The van der Waals surface area contributed by atoms with E-state index in [1.807, 2.05) is 0 Å². The fourth-order valence-electron chi connectivity index (χ4n) is 9.79. The van der Waals surface area contributed by atoms with Gasteiger partial charge in [-0.05, 0) is 45.2 Å². The number of rotatable bonds is 8. The molecule has 2 aliphatic carbocycles. The Morgan fingerprint density at radius 3 is 1.28 bits per heavy atom. The average molecular weight is 840 g/mol. The molecule has 256 valence electrons. The molecule has 0 atom stereocenters. The van der Waals surface area contributed by atoms with Gasteiger partial charge in [0.1, 0.15) is 0 Å². The molecule has 0 aliphatic heterocycles. The van der Waals surface area contributed by atoms with Crippen molar-refractivity contribution in [3.05, 3.63) is 135 Å². The molecule has 0 spiro atoms. The molecule has 2 heteroatoms. The first-order valence-corrected chi connectivity index (χ1v) is 20.7. The first-order valence-electron chi connectivity index (χ1n) is 18.5. The molecule has 0 radical (unpaired) electrons. The van der Waals surface area contributed by atoms with Crippen LogP contribution in [0.3, 0.4) is 0 Å². The third kappa shape index (κ3) is 6.65. The Morgan fingerprint density at radius 1 is 0.520 bits per heavy atom. The summed E-state index contributed by atoms with van der Waals surface area (Å²) < 4.78 is 0. The first kappa shape index (κ1) is 38.4. The van der Waals surface area contributed by atoms with E-state index in [-0.39, 0.29) is 40.7 Å². The largest absolute Gasteiger partial charge is 4.00 e. The van der Waals surface area contributed by atoms with E-state index in [9.17, 15) is 0 Å². The van der Waals surface area contributed by atoms with Crippen LogP contribution in [0.15, 0.2) is 109 Å². The van der Waals surface area contributed by atoms with Gasteiger partial charge in [0.25, 0.3) is 0 Å². The molecule has 2 fully saturated rings. The molecule has 6 aromatic rings. The van der Waals surface area contributed by atoms with E-state index in [0.717, 1.165) is 11.1 Å². The molecule has 0 nitrogen and oxygen atoms in total. The van der Waals surface area contributed by atoms with E-state index in [1.54, 1.807) is 10.4 Å². The number of fused-ring (bicyclic) bond motifs is 2. The predicted molar refractivity (Wildman–Crippen MR) is 220 cm³/mol. The minimum absolute atomic E-state index is 0. The van der Waals surface area contributed by atoms with Gasteiger partial charge in [-0.2, -0.15) is 12.1 Å². The third-order valence-electron chi connectivity index (χ3n) is 12.2. The molecule has 50 heavy (non-hydrogen) atoms. The van der Waals surface area contributed by atoms with Crippen LogP contribution in [0.5, 0.6) is 0 Å². The molecule has 0 heterocycles. The Labute approximate surface area is 323 Å². The summed E-state index contributed by atoms with van der Waals surface area (Å²) in [6.45, 7) is 9.22. The van der Waals surface area contributed by atoms with E-state index in [1.165, 1.54) is 106 Å². The smallest absolute Gasteiger partial charge is 0.358 e. The quantitative estimate of drug-likeness (QED) is 0.106. The Balaban J connectivity index is 0.00000162. The van der Waals surface area contributed by atoms with Gasteiger partial charge in [-0.1, -0.05) is 151 Å². The zero-order valence-corrected chi connectivity index (χ0v) is 36.0. The van der Waals surface area contributed by atoms with Gasteiger partial charge in [0.2, 0.25) is 0 Å². The summed E-state index contributed by atoms with van der Waals surface area (Å²) in [5.74, 6) is 1.05. The second-order valence-corrected chi connectivity index (χ2v) is 20.0.